The zero-order valence-electron chi connectivity index (χ0n) is 13.5. The van der Waals surface area contributed by atoms with Crippen molar-refractivity contribution in [1.29, 1.82) is 0 Å². The summed E-state index contributed by atoms with van der Waals surface area (Å²) in [5.41, 5.74) is 2.19. The molecule has 24 heavy (non-hydrogen) atoms. The second-order valence-electron chi connectivity index (χ2n) is 6.52. The molecule has 2 atom stereocenters. The SMILES string of the molecule is Cc1ncc2c(n1)CC1CCC2N1S(=O)(=O)c1ccc(F)c(C)c1. The van der Waals surface area contributed by atoms with Crippen LogP contribution in [0, 0.1) is 19.7 Å². The van der Waals surface area contributed by atoms with E-state index in [1.165, 1.54) is 18.2 Å². The molecule has 0 saturated carbocycles. The fourth-order valence-electron chi connectivity index (χ4n) is 3.80. The molecular weight excluding hydrogens is 329 g/mol. The van der Waals surface area contributed by atoms with Gasteiger partial charge in [0, 0.05) is 24.2 Å². The highest BCUT2D eigenvalue weighted by atomic mass is 32.2. The van der Waals surface area contributed by atoms with Gasteiger partial charge in [0.25, 0.3) is 0 Å². The monoisotopic (exact) mass is 347 g/mol. The van der Waals surface area contributed by atoms with Gasteiger partial charge < -0.3 is 0 Å². The van der Waals surface area contributed by atoms with Crippen LogP contribution in [0.3, 0.4) is 0 Å². The molecule has 0 aliphatic carbocycles. The maximum absolute atomic E-state index is 13.5. The second-order valence-corrected chi connectivity index (χ2v) is 8.36. The number of aromatic nitrogens is 2. The molecule has 126 valence electrons. The van der Waals surface area contributed by atoms with Crippen LogP contribution in [0.15, 0.2) is 29.3 Å². The molecule has 1 saturated heterocycles. The van der Waals surface area contributed by atoms with Crippen molar-refractivity contribution in [2.45, 2.75) is 50.1 Å². The molecule has 2 bridgehead atoms. The lowest BCUT2D eigenvalue weighted by atomic mass is 10.0. The molecule has 7 heteroatoms. The predicted molar refractivity (Wildman–Crippen MR) is 86.4 cm³/mol. The Labute approximate surface area is 140 Å². The highest BCUT2D eigenvalue weighted by Crippen LogP contribution is 2.46. The summed E-state index contributed by atoms with van der Waals surface area (Å²) < 4.78 is 41.4. The summed E-state index contributed by atoms with van der Waals surface area (Å²) >= 11 is 0. The van der Waals surface area contributed by atoms with Crippen LogP contribution in [0.25, 0.3) is 0 Å². The lowest BCUT2D eigenvalue weighted by molar-refractivity contribution is 0.300. The van der Waals surface area contributed by atoms with Gasteiger partial charge in [0.1, 0.15) is 11.6 Å². The zero-order valence-corrected chi connectivity index (χ0v) is 14.3. The Morgan fingerprint density at radius 3 is 2.79 bits per heavy atom. The van der Waals surface area contributed by atoms with E-state index in [0.717, 1.165) is 24.1 Å². The van der Waals surface area contributed by atoms with Crippen molar-refractivity contribution >= 4 is 10.0 Å². The number of aryl methyl sites for hydroxylation is 2. The lowest BCUT2D eigenvalue weighted by Gasteiger charge is -2.34. The summed E-state index contributed by atoms with van der Waals surface area (Å²) in [4.78, 5) is 8.88. The summed E-state index contributed by atoms with van der Waals surface area (Å²) in [6.45, 7) is 3.41. The van der Waals surface area contributed by atoms with Crippen LogP contribution in [0.5, 0.6) is 0 Å². The number of rotatable bonds is 2. The smallest absolute Gasteiger partial charge is 0.241 e. The van der Waals surface area contributed by atoms with E-state index >= 15 is 0 Å². The molecule has 2 aliphatic rings. The minimum absolute atomic E-state index is 0.0906. The number of fused-ring (bicyclic) bond motifs is 4. The number of hydrogen-bond acceptors (Lipinski definition) is 4. The van der Waals surface area contributed by atoms with E-state index in [4.69, 9.17) is 0 Å². The van der Waals surface area contributed by atoms with Gasteiger partial charge in [0.2, 0.25) is 10.0 Å². The third kappa shape index (κ3) is 2.26. The highest BCUT2D eigenvalue weighted by Gasteiger charge is 2.47. The zero-order chi connectivity index (χ0) is 17.1. The third-order valence-corrected chi connectivity index (χ3v) is 6.91. The maximum atomic E-state index is 13.5. The Morgan fingerprint density at radius 2 is 2.04 bits per heavy atom. The molecule has 0 radical (unpaired) electrons. The van der Waals surface area contributed by atoms with E-state index in [9.17, 15) is 12.8 Å². The molecule has 3 heterocycles. The van der Waals surface area contributed by atoms with Crippen LogP contribution in [-0.4, -0.2) is 28.7 Å². The van der Waals surface area contributed by atoms with Crippen molar-refractivity contribution in [2.24, 2.45) is 0 Å². The highest BCUT2D eigenvalue weighted by molar-refractivity contribution is 7.89. The minimum atomic E-state index is -3.68. The molecule has 1 aromatic carbocycles. The molecule has 2 unspecified atom stereocenters. The van der Waals surface area contributed by atoms with Crippen molar-refractivity contribution in [3.8, 4) is 0 Å². The quantitative estimate of drug-likeness (QED) is 0.838. The average Bonchev–Trinajstić information content (AvgIpc) is 2.86. The van der Waals surface area contributed by atoms with Gasteiger partial charge in [-0.05, 0) is 50.5 Å². The first-order valence-electron chi connectivity index (χ1n) is 8.00. The predicted octanol–water partition coefficient (Wildman–Crippen LogP) is 2.68. The maximum Gasteiger partial charge on any atom is 0.243 e. The Bertz CT molecular complexity index is 929. The molecule has 2 aliphatic heterocycles. The molecule has 1 fully saturated rings. The van der Waals surface area contributed by atoms with Crippen molar-refractivity contribution in [1.82, 2.24) is 14.3 Å². The van der Waals surface area contributed by atoms with E-state index in [1.54, 1.807) is 17.4 Å². The fourth-order valence-corrected chi connectivity index (χ4v) is 5.73. The largest absolute Gasteiger partial charge is 0.243 e. The molecular formula is C17H18FN3O2S. The van der Waals surface area contributed by atoms with E-state index in [0.29, 0.717) is 17.8 Å². The molecule has 5 nitrogen and oxygen atoms in total. The van der Waals surface area contributed by atoms with Crippen LogP contribution in [-0.2, 0) is 16.4 Å². The topological polar surface area (TPSA) is 63.2 Å². The van der Waals surface area contributed by atoms with Crippen LogP contribution in [0.2, 0.25) is 0 Å². The normalized spacial score (nSPS) is 23.3. The van der Waals surface area contributed by atoms with Crippen LogP contribution in [0.4, 0.5) is 4.39 Å². The first-order chi connectivity index (χ1) is 11.4. The van der Waals surface area contributed by atoms with Gasteiger partial charge in [-0.15, -0.1) is 0 Å². The van der Waals surface area contributed by atoms with Gasteiger partial charge in [0.05, 0.1) is 16.6 Å². The van der Waals surface area contributed by atoms with Crippen molar-refractivity contribution < 1.29 is 12.8 Å². The van der Waals surface area contributed by atoms with Gasteiger partial charge in [-0.1, -0.05) is 0 Å². The standard InChI is InChI=1S/C17H18FN3O2S/c1-10-7-13(4-5-15(10)18)24(22,23)21-12-3-6-17(21)14-9-19-11(2)20-16(14)8-12/h4-5,7,9,12,17H,3,6,8H2,1-2H3. The van der Waals surface area contributed by atoms with Gasteiger partial charge in [-0.3, -0.25) is 0 Å². The summed E-state index contributed by atoms with van der Waals surface area (Å²) in [6, 6.07) is 3.65. The number of hydrogen-bond donors (Lipinski definition) is 0. The first-order valence-corrected chi connectivity index (χ1v) is 9.44. The number of nitrogens with zero attached hydrogens (tertiary/aromatic N) is 3. The Kier molecular flexibility index (Phi) is 3.47. The van der Waals surface area contributed by atoms with Crippen molar-refractivity contribution in [3.63, 3.8) is 0 Å². The fraction of sp³-hybridized carbons (Fsp3) is 0.412. The van der Waals surface area contributed by atoms with Gasteiger partial charge >= 0.3 is 0 Å². The Balaban J connectivity index is 1.79. The van der Waals surface area contributed by atoms with Crippen LogP contribution >= 0.6 is 0 Å². The lowest BCUT2D eigenvalue weighted by Crippen LogP contribution is -2.42. The molecule has 0 amide bonds. The summed E-state index contributed by atoms with van der Waals surface area (Å²) in [5, 5.41) is 0. The summed E-state index contributed by atoms with van der Waals surface area (Å²) in [5.74, 6) is 0.309. The molecule has 1 aromatic heterocycles. The molecule has 0 N–H and O–H groups in total. The Morgan fingerprint density at radius 1 is 1.25 bits per heavy atom. The van der Waals surface area contributed by atoms with E-state index in [-0.39, 0.29) is 17.0 Å². The molecule has 2 aromatic rings. The number of sulfonamides is 1. The van der Waals surface area contributed by atoms with E-state index < -0.39 is 15.8 Å². The number of benzene rings is 1. The number of halogens is 1. The van der Waals surface area contributed by atoms with E-state index in [1.807, 2.05) is 6.92 Å². The van der Waals surface area contributed by atoms with Gasteiger partial charge in [0.15, 0.2) is 0 Å². The van der Waals surface area contributed by atoms with Crippen LogP contribution in [0.1, 0.15) is 41.5 Å². The van der Waals surface area contributed by atoms with Crippen molar-refractivity contribution in [2.75, 3.05) is 0 Å². The first kappa shape index (κ1) is 15.7. The summed E-state index contributed by atoms with van der Waals surface area (Å²) in [7, 11) is -3.68. The van der Waals surface area contributed by atoms with E-state index in [2.05, 4.69) is 9.97 Å². The minimum Gasteiger partial charge on any atom is -0.241 e. The summed E-state index contributed by atoms with van der Waals surface area (Å²) in [6.07, 6.45) is 3.93. The average molecular weight is 347 g/mol. The second kappa shape index (κ2) is 5.32. The third-order valence-electron chi connectivity index (χ3n) is 4.95. The van der Waals surface area contributed by atoms with Crippen molar-refractivity contribution in [3.05, 3.63) is 52.9 Å². The van der Waals surface area contributed by atoms with Crippen LogP contribution < -0.4 is 0 Å². The molecule has 4 rings (SSSR count). The van der Waals surface area contributed by atoms with Gasteiger partial charge in [-0.2, -0.15) is 4.31 Å². The van der Waals surface area contributed by atoms with Gasteiger partial charge in [-0.25, -0.2) is 22.8 Å². The Hall–Kier alpha value is -1.86. The molecule has 0 spiro atoms.